The highest BCUT2D eigenvalue weighted by molar-refractivity contribution is 7.80. The predicted octanol–water partition coefficient (Wildman–Crippen LogP) is -2.10. The maximum atomic E-state index is 11.5. The summed E-state index contributed by atoms with van der Waals surface area (Å²) in [5.41, 5.74) is 5.05. The van der Waals surface area contributed by atoms with Gasteiger partial charge in [-0.05, 0) is 13.3 Å². The monoisotopic (exact) mass is 437 g/mol. The number of rotatable bonds is 11. The smallest absolute Gasteiger partial charge is 0.331 e. The average molecular weight is 437 g/mol. The Labute approximate surface area is 170 Å². The zero-order valence-corrected chi connectivity index (χ0v) is 16.2. The molecule has 2 atom stereocenters. The van der Waals surface area contributed by atoms with E-state index in [0.717, 1.165) is 0 Å². The molecule has 0 saturated carbocycles. The number of carboxylic acid groups (broad SMARTS) is 4. The molecule has 8 N–H and O–H groups in total. The second kappa shape index (κ2) is 14.9. The first-order valence-corrected chi connectivity index (χ1v) is 8.47. The lowest BCUT2D eigenvalue weighted by Gasteiger charge is -2.16. The first kappa shape index (κ1) is 28.1. The van der Waals surface area contributed by atoms with E-state index in [-0.39, 0.29) is 24.2 Å². The van der Waals surface area contributed by atoms with Crippen molar-refractivity contribution in [1.82, 2.24) is 10.6 Å². The van der Waals surface area contributed by atoms with E-state index in [2.05, 4.69) is 23.3 Å². The van der Waals surface area contributed by atoms with Gasteiger partial charge in [0.1, 0.15) is 18.6 Å². The number of carboxylic acids is 4. The zero-order chi connectivity index (χ0) is 23.1. The number of hydrogen-bond acceptors (Lipinski definition) is 8. The minimum Gasteiger partial charge on any atom is -0.480 e. The maximum absolute atomic E-state index is 11.5. The molecule has 0 aliphatic heterocycles. The van der Waals surface area contributed by atoms with E-state index in [1.54, 1.807) is 0 Å². The summed E-state index contributed by atoms with van der Waals surface area (Å²) < 4.78 is 0. The van der Waals surface area contributed by atoms with Crippen molar-refractivity contribution >= 4 is 48.3 Å². The van der Waals surface area contributed by atoms with E-state index in [0.29, 0.717) is 6.08 Å². The second-order valence-corrected chi connectivity index (χ2v) is 5.73. The highest BCUT2D eigenvalue weighted by Crippen LogP contribution is 1.97. The Morgan fingerprint density at radius 2 is 1.62 bits per heavy atom. The van der Waals surface area contributed by atoms with Crippen molar-refractivity contribution in [2.24, 2.45) is 5.73 Å². The number of hydrogen-bond donors (Lipinski definition) is 8. The molecule has 29 heavy (non-hydrogen) atoms. The van der Waals surface area contributed by atoms with Crippen LogP contribution in [0.1, 0.15) is 19.8 Å². The van der Waals surface area contributed by atoms with Crippen molar-refractivity contribution in [3.8, 4) is 0 Å². The van der Waals surface area contributed by atoms with Crippen molar-refractivity contribution < 1.29 is 49.2 Å². The molecule has 2 unspecified atom stereocenters. The van der Waals surface area contributed by atoms with Crippen molar-refractivity contribution in [2.75, 3.05) is 12.3 Å². The largest absolute Gasteiger partial charge is 0.480 e. The number of amides is 2. The van der Waals surface area contributed by atoms with Crippen LogP contribution in [0.15, 0.2) is 11.6 Å². The molecule has 0 aromatic rings. The van der Waals surface area contributed by atoms with Crippen LogP contribution in [-0.2, 0) is 28.8 Å². The highest BCUT2D eigenvalue weighted by atomic mass is 32.1. The van der Waals surface area contributed by atoms with Gasteiger partial charge in [-0.15, -0.1) is 0 Å². The van der Waals surface area contributed by atoms with Gasteiger partial charge < -0.3 is 36.8 Å². The quantitative estimate of drug-likeness (QED) is 0.129. The molecule has 0 saturated heterocycles. The summed E-state index contributed by atoms with van der Waals surface area (Å²) in [6, 6.07) is -2.15. The van der Waals surface area contributed by atoms with Crippen LogP contribution in [0.2, 0.25) is 0 Å². The lowest BCUT2D eigenvalue weighted by molar-refractivity contribution is -0.139. The lowest BCUT2D eigenvalue weighted by Crippen LogP contribution is -2.49. The second-order valence-electron chi connectivity index (χ2n) is 5.37. The lowest BCUT2D eigenvalue weighted by atomic mass is 10.1. The topological polar surface area (TPSA) is 233 Å². The summed E-state index contributed by atoms with van der Waals surface area (Å²) in [4.78, 5) is 63.4. The van der Waals surface area contributed by atoms with Crippen LogP contribution in [0, 0.1) is 0 Å². The Kier molecular flexibility index (Phi) is 14.4. The van der Waals surface area contributed by atoms with E-state index in [9.17, 15) is 28.8 Å². The van der Waals surface area contributed by atoms with Crippen LogP contribution in [0.25, 0.3) is 0 Å². The van der Waals surface area contributed by atoms with E-state index < -0.39 is 54.3 Å². The molecule has 0 fully saturated rings. The Bertz CT molecular complexity index is 665. The normalized spacial score (nSPS) is 12.4. The molecule has 0 radical (unpaired) electrons. The first-order valence-electron chi connectivity index (χ1n) is 7.84. The molecule has 0 heterocycles. The molecule has 2 amide bonds. The summed E-state index contributed by atoms with van der Waals surface area (Å²) in [5.74, 6) is -6.16. The van der Waals surface area contributed by atoms with Crippen LogP contribution in [0.5, 0.6) is 0 Å². The molecule has 13 nitrogen and oxygen atoms in total. The summed E-state index contributed by atoms with van der Waals surface area (Å²) in [6.07, 6.45) is 0.406. The van der Waals surface area contributed by atoms with Gasteiger partial charge in [0.15, 0.2) is 0 Å². The van der Waals surface area contributed by atoms with Gasteiger partial charge in [-0.3, -0.25) is 19.2 Å². The van der Waals surface area contributed by atoms with Crippen LogP contribution in [0.3, 0.4) is 0 Å². The molecule has 14 heteroatoms. The minimum absolute atomic E-state index is 0.0256. The van der Waals surface area contributed by atoms with Crippen molar-refractivity contribution in [1.29, 1.82) is 0 Å². The third-order valence-corrected chi connectivity index (χ3v) is 3.29. The number of nitrogens with two attached hydrogens (primary N) is 1. The Balaban J connectivity index is 0. The summed E-state index contributed by atoms with van der Waals surface area (Å²) in [6.45, 7) is 0.652. The van der Waals surface area contributed by atoms with Gasteiger partial charge >= 0.3 is 23.9 Å². The molecule has 0 aromatic heterocycles. The third kappa shape index (κ3) is 15.6. The van der Waals surface area contributed by atoms with E-state index in [4.69, 9.17) is 26.2 Å². The Morgan fingerprint density at radius 3 is 1.97 bits per heavy atom. The van der Waals surface area contributed by atoms with E-state index in [1.165, 1.54) is 6.92 Å². The van der Waals surface area contributed by atoms with Gasteiger partial charge in [0.05, 0.1) is 0 Å². The molecule has 0 bridgehead atoms. The van der Waals surface area contributed by atoms with Crippen LogP contribution in [0.4, 0.5) is 0 Å². The Hall–Kier alpha value is -3.13. The number of carbonyl (C=O) groups excluding carboxylic acids is 2. The summed E-state index contributed by atoms with van der Waals surface area (Å²) >= 11 is 3.87. The van der Waals surface area contributed by atoms with Crippen LogP contribution in [-0.4, -0.2) is 80.5 Å². The van der Waals surface area contributed by atoms with E-state index >= 15 is 0 Å². The molecule has 0 spiro atoms. The molecule has 0 rings (SSSR count). The fourth-order valence-corrected chi connectivity index (χ4v) is 1.66. The van der Waals surface area contributed by atoms with Gasteiger partial charge in [-0.25, -0.2) is 9.59 Å². The molecule has 0 aliphatic rings. The van der Waals surface area contributed by atoms with Crippen LogP contribution >= 0.6 is 12.6 Å². The molecule has 0 aromatic carbocycles. The molecule has 164 valence electrons. The Morgan fingerprint density at radius 1 is 1.07 bits per heavy atom. The van der Waals surface area contributed by atoms with Gasteiger partial charge in [0, 0.05) is 23.8 Å². The first-order chi connectivity index (χ1) is 13.3. The number of thiol groups is 1. The number of aliphatic carboxylic acids is 4. The van der Waals surface area contributed by atoms with Gasteiger partial charge in [0.2, 0.25) is 11.8 Å². The van der Waals surface area contributed by atoms with Crippen LogP contribution < -0.4 is 16.4 Å². The van der Waals surface area contributed by atoms with Crippen molar-refractivity contribution in [3.05, 3.63) is 11.6 Å². The fourth-order valence-electron chi connectivity index (χ4n) is 1.40. The number of nitrogens with one attached hydrogen (secondary N) is 2. The highest BCUT2D eigenvalue weighted by Gasteiger charge is 2.20. The fraction of sp³-hybridized carbons (Fsp3) is 0.467. The molecular formula is C15H23N3O10S. The van der Waals surface area contributed by atoms with Gasteiger partial charge in [-0.2, -0.15) is 12.6 Å². The standard InChI is InChI=1S/C10H17N3O6S.C5H6O4/c11-5(10(18)19)1-2-7(14)13-6(4-20)9(17)12-3-8(15)16;1-3(5(8)9)2-4(6)7/h5-6,20H,1-4,11H2,(H,12,17)(H,13,14)(H,15,16)(H,18,19);2H,1H3,(H,6,7)(H,8,9)/b;3-2+. The summed E-state index contributed by atoms with van der Waals surface area (Å²) in [7, 11) is 0. The van der Waals surface area contributed by atoms with Gasteiger partial charge in [0.25, 0.3) is 0 Å². The SMILES string of the molecule is C/C(=C\C(=O)O)C(=O)O.NC(CCC(=O)NC(CS)C(=O)NCC(=O)O)C(=O)O. The van der Waals surface area contributed by atoms with Crippen molar-refractivity contribution in [2.45, 2.75) is 31.8 Å². The van der Waals surface area contributed by atoms with Gasteiger partial charge in [-0.1, -0.05) is 0 Å². The van der Waals surface area contributed by atoms with Crippen molar-refractivity contribution in [3.63, 3.8) is 0 Å². The average Bonchev–Trinajstić information content (AvgIpc) is 2.61. The predicted molar refractivity (Wildman–Crippen MR) is 100 cm³/mol. The molecular weight excluding hydrogens is 414 g/mol. The van der Waals surface area contributed by atoms with E-state index in [1.807, 2.05) is 0 Å². The molecule has 0 aliphatic carbocycles. The summed E-state index contributed by atoms with van der Waals surface area (Å²) in [5, 5.41) is 37.5. The third-order valence-electron chi connectivity index (χ3n) is 2.93. The number of carbonyl (C=O) groups is 6. The zero-order valence-electron chi connectivity index (χ0n) is 15.3. The minimum atomic E-state index is -1.24. The maximum Gasteiger partial charge on any atom is 0.331 e.